The summed E-state index contributed by atoms with van der Waals surface area (Å²) in [5, 5.41) is 9.19. The number of amides is 1. The fourth-order valence-electron chi connectivity index (χ4n) is 2.68. The van der Waals surface area contributed by atoms with Crippen LogP contribution in [-0.4, -0.2) is 55.8 Å². The van der Waals surface area contributed by atoms with Gasteiger partial charge in [-0.1, -0.05) is 12.1 Å². The summed E-state index contributed by atoms with van der Waals surface area (Å²) in [5.74, 6) is -0.462. The maximum atomic E-state index is 12.2. The topological polar surface area (TPSA) is 88.9 Å². The van der Waals surface area contributed by atoms with Crippen molar-refractivity contribution in [2.45, 2.75) is 26.1 Å². The highest BCUT2D eigenvalue weighted by Gasteiger charge is 2.26. The number of carbonyl (C=O) groups is 2. The second kappa shape index (κ2) is 9.02. The highest BCUT2D eigenvalue weighted by Crippen LogP contribution is 2.15. The van der Waals surface area contributed by atoms with Crippen molar-refractivity contribution in [1.82, 2.24) is 4.90 Å². The number of nitriles is 1. The Morgan fingerprint density at radius 2 is 1.88 bits per heavy atom. The van der Waals surface area contributed by atoms with E-state index in [1.165, 1.54) is 6.08 Å². The Bertz CT molecular complexity index is 710. The van der Waals surface area contributed by atoms with E-state index in [1.807, 2.05) is 13.8 Å². The van der Waals surface area contributed by atoms with Crippen molar-refractivity contribution < 1.29 is 23.8 Å². The standard InChI is InChI=1S/C19H22N2O5/c1-13-10-21(11-14(2)26-13)18(22)12-25-19(23)16(9-20)8-15-4-6-17(24-3)7-5-15/h4-8,13-14H,10-12H2,1-3H3/b16-8+/t13-,14+. The van der Waals surface area contributed by atoms with Crippen LogP contribution in [-0.2, 0) is 19.1 Å². The smallest absolute Gasteiger partial charge is 0.349 e. The lowest BCUT2D eigenvalue weighted by Crippen LogP contribution is -2.49. The molecule has 2 rings (SSSR count). The van der Waals surface area contributed by atoms with Crippen LogP contribution >= 0.6 is 0 Å². The van der Waals surface area contributed by atoms with Crippen molar-refractivity contribution in [3.05, 3.63) is 35.4 Å². The first kappa shape index (κ1) is 19.5. The summed E-state index contributed by atoms with van der Waals surface area (Å²) in [7, 11) is 1.55. The minimum Gasteiger partial charge on any atom is -0.497 e. The number of ether oxygens (including phenoxy) is 3. The van der Waals surface area contributed by atoms with Crippen LogP contribution in [0.25, 0.3) is 6.08 Å². The van der Waals surface area contributed by atoms with E-state index in [2.05, 4.69) is 0 Å². The lowest BCUT2D eigenvalue weighted by atomic mass is 10.1. The number of hydrogen-bond donors (Lipinski definition) is 0. The molecule has 7 nitrogen and oxygen atoms in total. The van der Waals surface area contributed by atoms with Gasteiger partial charge in [-0.2, -0.15) is 5.26 Å². The molecule has 2 atom stereocenters. The summed E-state index contributed by atoms with van der Waals surface area (Å²) >= 11 is 0. The molecule has 26 heavy (non-hydrogen) atoms. The third kappa shape index (κ3) is 5.33. The number of methoxy groups -OCH3 is 1. The van der Waals surface area contributed by atoms with Crippen LogP contribution in [0.4, 0.5) is 0 Å². The molecule has 0 spiro atoms. The quantitative estimate of drug-likeness (QED) is 0.453. The largest absolute Gasteiger partial charge is 0.497 e. The molecular weight excluding hydrogens is 336 g/mol. The Balaban J connectivity index is 1.95. The van der Waals surface area contributed by atoms with E-state index in [4.69, 9.17) is 14.2 Å². The van der Waals surface area contributed by atoms with Gasteiger partial charge in [0, 0.05) is 13.1 Å². The van der Waals surface area contributed by atoms with Crippen LogP contribution in [0.3, 0.4) is 0 Å². The van der Waals surface area contributed by atoms with Gasteiger partial charge >= 0.3 is 5.97 Å². The van der Waals surface area contributed by atoms with E-state index in [0.717, 1.165) is 0 Å². The maximum absolute atomic E-state index is 12.2. The Morgan fingerprint density at radius 1 is 1.27 bits per heavy atom. The van der Waals surface area contributed by atoms with Crippen LogP contribution in [0.15, 0.2) is 29.8 Å². The van der Waals surface area contributed by atoms with Crippen LogP contribution in [0.1, 0.15) is 19.4 Å². The highest BCUT2D eigenvalue weighted by atomic mass is 16.5. The summed E-state index contributed by atoms with van der Waals surface area (Å²) in [6.07, 6.45) is 1.27. The molecule has 1 saturated heterocycles. The molecule has 0 bridgehead atoms. The van der Waals surface area contributed by atoms with E-state index in [-0.39, 0.29) is 23.7 Å². The van der Waals surface area contributed by atoms with E-state index < -0.39 is 12.6 Å². The Kier molecular flexibility index (Phi) is 6.75. The molecule has 1 aromatic rings. The lowest BCUT2D eigenvalue weighted by Gasteiger charge is -2.35. The van der Waals surface area contributed by atoms with Gasteiger partial charge in [-0.3, -0.25) is 4.79 Å². The monoisotopic (exact) mass is 358 g/mol. The van der Waals surface area contributed by atoms with Crippen molar-refractivity contribution in [2.75, 3.05) is 26.8 Å². The third-order valence-corrected chi connectivity index (χ3v) is 3.87. The molecule has 1 amide bonds. The van der Waals surface area contributed by atoms with Gasteiger partial charge in [0.05, 0.1) is 19.3 Å². The van der Waals surface area contributed by atoms with Gasteiger partial charge in [-0.25, -0.2) is 4.79 Å². The summed E-state index contributed by atoms with van der Waals surface area (Å²) in [4.78, 5) is 25.9. The van der Waals surface area contributed by atoms with Crippen LogP contribution in [0.2, 0.25) is 0 Å². The fourth-order valence-corrected chi connectivity index (χ4v) is 2.68. The normalized spacial score (nSPS) is 20.2. The van der Waals surface area contributed by atoms with Crippen molar-refractivity contribution >= 4 is 18.0 Å². The van der Waals surface area contributed by atoms with E-state index in [0.29, 0.717) is 24.4 Å². The first-order valence-corrected chi connectivity index (χ1v) is 8.29. The second-order valence-corrected chi connectivity index (χ2v) is 6.08. The van der Waals surface area contributed by atoms with Crippen LogP contribution < -0.4 is 4.74 Å². The summed E-state index contributed by atoms with van der Waals surface area (Å²) in [5.41, 5.74) is 0.480. The lowest BCUT2D eigenvalue weighted by molar-refractivity contribution is -0.154. The zero-order chi connectivity index (χ0) is 19.1. The molecule has 1 aliphatic rings. The summed E-state index contributed by atoms with van der Waals surface area (Å²) in [6, 6.07) is 8.67. The van der Waals surface area contributed by atoms with Gasteiger partial charge < -0.3 is 19.1 Å². The van der Waals surface area contributed by atoms with Crippen LogP contribution in [0, 0.1) is 11.3 Å². The molecule has 0 saturated carbocycles. The van der Waals surface area contributed by atoms with E-state index in [9.17, 15) is 14.9 Å². The second-order valence-electron chi connectivity index (χ2n) is 6.08. The first-order chi connectivity index (χ1) is 12.4. The molecule has 1 heterocycles. The van der Waals surface area contributed by atoms with Crippen molar-refractivity contribution in [2.24, 2.45) is 0 Å². The molecule has 0 aliphatic carbocycles. The Morgan fingerprint density at radius 3 is 2.42 bits per heavy atom. The van der Waals surface area contributed by atoms with E-state index >= 15 is 0 Å². The fraction of sp³-hybridized carbons (Fsp3) is 0.421. The zero-order valence-corrected chi connectivity index (χ0v) is 15.1. The van der Waals surface area contributed by atoms with E-state index in [1.54, 1.807) is 42.3 Å². The number of morpholine rings is 1. The average molecular weight is 358 g/mol. The number of hydrogen-bond acceptors (Lipinski definition) is 6. The van der Waals surface area contributed by atoms with Gasteiger partial charge in [0.1, 0.15) is 17.4 Å². The number of carbonyl (C=O) groups excluding carboxylic acids is 2. The summed E-state index contributed by atoms with van der Waals surface area (Å²) < 4.78 is 15.6. The van der Waals surface area contributed by atoms with Crippen molar-refractivity contribution in [3.8, 4) is 11.8 Å². The van der Waals surface area contributed by atoms with Crippen molar-refractivity contribution in [3.63, 3.8) is 0 Å². The summed E-state index contributed by atoms with van der Waals surface area (Å²) in [6.45, 7) is 4.27. The molecule has 0 aromatic heterocycles. The molecule has 1 aliphatic heterocycles. The maximum Gasteiger partial charge on any atom is 0.349 e. The molecular formula is C19H22N2O5. The van der Waals surface area contributed by atoms with Gasteiger partial charge in [0.25, 0.3) is 5.91 Å². The minimum atomic E-state index is -0.828. The van der Waals surface area contributed by atoms with Gasteiger partial charge in [0.2, 0.25) is 0 Å². The predicted octanol–water partition coefficient (Wildman–Crippen LogP) is 1.78. The average Bonchev–Trinajstić information content (AvgIpc) is 2.63. The third-order valence-electron chi connectivity index (χ3n) is 3.87. The van der Waals surface area contributed by atoms with Gasteiger partial charge in [-0.15, -0.1) is 0 Å². The minimum absolute atomic E-state index is 0.0666. The number of rotatable bonds is 5. The van der Waals surface area contributed by atoms with Gasteiger partial charge in [0.15, 0.2) is 6.61 Å². The zero-order valence-electron chi connectivity index (χ0n) is 15.1. The first-order valence-electron chi connectivity index (χ1n) is 8.29. The molecule has 0 unspecified atom stereocenters. The predicted molar refractivity (Wildman–Crippen MR) is 94.1 cm³/mol. The molecule has 1 fully saturated rings. The molecule has 0 N–H and O–H groups in total. The van der Waals surface area contributed by atoms with Crippen molar-refractivity contribution in [1.29, 1.82) is 5.26 Å². The SMILES string of the molecule is COc1ccc(/C=C(\C#N)C(=O)OCC(=O)N2C[C@@H](C)O[C@@H](C)C2)cc1. The Labute approximate surface area is 152 Å². The Hall–Kier alpha value is -2.85. The molecule has 0 radical (unpaired) electrons. The van der Waals surface area contributed by atoms with Gasteiger partial charge in [-0.05, 0) is 37.6 Å². The number of esters is 1. The van der Waals surface area contributed by atoms with Crippen LogP contribution in [0.5, 0.6) is 5.75 Å². The molecule has 138 valence electrons. The number of nitrogens with zero attached hydrogens (tertiary/aromatic N) is 2. The highest BCUT2D eigenvalue weighted by molar-refractivity contribution is 5.98. The number of benzene rings is 1. The molecule has 1 aromatic carbocycles. The molecule has 7 heteroatoms.